The Kier molecular flexibility index (Phi) is 17.3. The highest BCUT2D eigenvalue weighted by Gasteiger charge is 2.05. The molecule has 0 saturated carbocycles. The second-order valence-electron chi connectivity index (χ2n) is 6.39. The topological polar surface area (TPSA) is 64.1 Å². The third-order valence-corrected chi connectivity index (χ3v) is 3.88. The third-order valence-electron chi connectivity index (χ3n) is 3.88. The number of halogens is 1. The Bertz CT molecular complexity index is 542. The zero-order valence-corrected chi connectivity index (χ0v) is 20.2. The fourth-order valence-electron chi connectivity index (χ4n) is 2.42. The van der Waals surface area contributed by atoms with Crippen LogP contribution in [0.5, 0.6) is 5.75 Å². The smallest absolute Gasteiger partial charge is 0.191 e. The normalized spacial score (nSPS) is 11.1. The number of methoxy groups -OCH3 is 1. The fourth-order valence-corrected chi connectivity index (χ4v) is 2.42. The van der Waals surface area contributed by atoms with Crippen molar-refractivity contribution in [3.8, 4) is 5.75 Å². The van der Waals surface area contributed by atoms with Crippen molar-refractivity contribution < 1.29 is 14.2 Å². The lowest BCUT2D eigenvalue weighted by Crippen LogP contribution is -2.37. The number of guanidine groups is 1. The number of hydrogen-bond acceptors (Lipinski definition) is 4. The van der Waals surface area contributed by atoms with Crippen molar-refractivity contribution in [2.75, 3.05) is 46.6 Å². The molecule has 0 saturated heterocycles. The van der Waals surface area contributed by atoms with E-state index in [2.05, 4.69) is 49.6 Å². The summed E-state index contributed by atoms with van der Waals surface area (Å²) in [5, 5.41) is 6.68. The van der Waals surface area contributed by atoms with Crippen LogP contribution in [0.3, 0.4) is 0 Å². The van der Waals surface area contributed by atoms with Crippen molar-refractivity contribution in [2.45, 2.75) is 46.6 Å². The molecule has 0 atom stereocenters. The van der Waals surface area contributed by atoms with Gasteiger partial charge in [-0.2, -0.15) is 0 Å². The lowest BCUT2D eigenvalue weighted by Gasteiger charge is -2.13. The van der Waals surface area contributed by atoms with Crippen LogP contribution < -0.4 is 15.4 Å². The Morgan fingerprint density at radius 3 is 2.57 bits per heavy atom. The molecule has 7 heteroatoms. The summed E-state index contributed by atoms with van der Waals surface area (Å²) in [7, 11) is 1.68. The molecule has 0 aromatic heterocycles. The number of ether oxygens (including phenoxy) is 3. The van der Waals surface area contributed by atoms with Gasteiger partial charge in [-0.05, 0) is 44.7 Å². The van der Waals surface area contributed by atoms with Gasteiger partial charge in [-0.1, -0.05) is 19.1 Å². The minimum atomic E-state index is 0. The maximum atomic E-state index is 5.88. The van der Waals surface area contributed by atoms with Crippen molar-refractivity contribution >= 4 is 29.9 Å². The van der Waals surface area contributed by atoms with E-state index in [-0.39, 0.29) is 24.0 Å². The van der Waals surface area contributed by atoms with Crippen LogP contribution in [0.25, 0.3) is 0 Å². The average Bonchev–Trinajstić information content (AvgIpc) is 2.67. The monoisotopic (exact) mass is 507 g/mol. The predicted molar refractivity (Wildman–Crippen MR) is 127 cm³/mol. The molecule has 2 N–H and O–H groups in total. The van der Waals surface area contributed by atoms with Gasteiger partial charge in [0.05, 0.1) is 26.4 Å². The standard InChI is InChI=1S/C21H37N3O3.HI/c1-5-12-27-20-16-18(3)9-10-19(20)17-24-21(22-6-2)23-11-7-8-13-26-15-14-25-4;/h9-10,16H,5-8,11-15,17H2,1-4H3,(H2,22,23,24);1H. The summed E-state index contributed by atoms with van der Waals surface area (Å²) >= 11 is 0. The van der Waals surface area contributed by atoms with E-state index in [0.717, 1.165) is 62.8 Å². The molecule has 0 aliphatic rings. The molecular weight excluding hydrogens is 469 g/mol. The average molecular weight is 507 g/mol. The number of rotatable bonds is 14. The van der Waals surface area contributed by atoms with E-state index in [1.165, 1.54) is 5.56 Å². The molecule has 0 radical (unpaired) electrons. The van der Waals surface area contributed by atoms with Crippen LogP contribution in [0.1, 0.15) is 44.2 Å². The lowest BCUT2D eigenvalue weighted by molar-refractivity contribution is 0.0689. The largest absolute Gasteiger partial charge is 0.493 e. The van der Waals surface area contributed by atoms with Crippen molar-refractivity contribution in [1.82, 2.24) is 10.6 Å². The van der Waals surface area contributed by atoms with E-state index >= 15 is 0 Å². The summed E-state index contributed by atoms with van der Waals surface area (Å²) in [6.07, 6.45) is 3.05. The molecule has 0 heterocycles. The van der Waals surface area contributed by atoms with Crippen LogP contribution in [0.15, 0.2) is 23.2 Å². The first kappa shape index (κ1) is 26.9. The van der Waals surface area contributed by atoms with Crippen LogP contribution in [0, 0.1) is 6.92 Å². The van der Waals surface area contributed by atoms with Gasteiger partial charge in [0, 0.05) is 32.4 Å². The number of hydrogen-bond donors (Lipinski definition) is 2. The van der Waals surface area contributed by atoms with Crippen LogP contribution in [-0.4, -0.2) is 52.6 Å². The van der Waals surface area contributed by atoms with Crippen molar-refractivity contribution in [3.63, 3.8) is 0 Å². The molecule has 1 rings (SSSR count). The second kappa shape index (κ2) is 18.0. The van der Waals surface area contributed by atoms with Gasteiger partial charge in [0.1, 0.15) is 5.75 Å². The lowest BCUT2D eigenvalue weighted by atomic mass is 10.1. The van der Waals surface area contributed by atoms with Crippen LogP contribution in [0.4, 0.5) is 0 Å². The molecule has 0 amide bonds. The van der Waals surface area contributed by atoms with Crippen LogP contribution in [0.2, 0.25) is 0 Å². The molecule has 1 aromatic carbocycles. The number of nitrogens with zero attached hydrogens (tertiary/aromatic N) is 1. The maximum absolute atomic E-state index is 5.88. The molecule has 28 heavy (non-hydrogen) atoms. The minimum absolute atomic E-state index is 0. The molecule has 0 bridgehead atoms. The quantitative estimate of drug-likeness (QED) is 0.173. The summed E-state index contributed by atoms with van der Waals surface area (Å²) < 4.78 is 16.3. The highest BCUT2D eigenvalue weighted by Crippen LogP contribution is 2.21. The van der Waals surface area contributed by atoms with Gasteiger partial charge in [0.15, 0.2) is 5.96 Å². The van der Waals surface area contributed by atoms with Gasteiger partial charge < -0.3 is 24.8 Å². The first-order chi connectivity index (χ1) is 13.2. The van der Waals surface area contributed by atoms with E-state index in [4.69, 9.17) is 19.2 Å². The van der Waals surface area contributed by atoms with Crippen LogP contribution >= 0.6 is 24.0 Å². The summed E-state index contributed by atoms with van der Waals surface area (Å²) in [5.41, 5.74) is 2.31. The molecule has 0 spiro atoms. The zero-order chi connectivity index (χ0) is 19.7. The SMILES string of the molecule is CCCOc1cc(C)ccc1CN=C(NCC)NCCCCOCCOC.I. The van der Waals surface area contributed by atoms with Gasteiger partial charge in [-0.25, -0.2) is 4.99 Å². The van der Waals surface area contributed by atoms with E-state index < -0.39 is 0 Å². The number of aryl methyl sites for hydroxylation is 1. The summed E-state index contributed by atoms with van der Waals surface area (Å²) in [6.45, 7) is 11.4. The first-order valence-electron chi connectivity index (χ1n) is 10.0. The molecule has 0 aliphatic carbocycles. The highest BCUT2D eigenvalue weighted by molar-refractivity contribution is 14.0. The van der Waals surface area contributed by atoms with E-state index in [1.54, 1.807) is 7.11 Å². The second-order valence-corrected chi connectivity index (χ2v) is 6.39. The minimum Gasteiger partial charge on any atom is -0.493 e. The summed E-state index contributed by atoms with van der Waals surface area (Å²) in [4.78, 5) is 4.71. The number of aliphatic imine (C=N–C) groups is 1. The third kappa shape index (κ3) is 12.4. The molecule has 0 aliphatic heterocycles. The van der Waals surface area contributed by atoms with Gasteiger partial charge in [0.2, 0.25) is 0 Å². The summed E-state index contributed by atoms with van der Waals surface area (Å²) in [5.74, 6) is 1.77. The molecule has 6 nitrogen and oxygen atoms in total. The van der Waals surface area contributed by atoms with Crippen molar-refractivity contribution in [2.24, 2.45) is 4.99 Å². The number of nitrogens with one attached hydrogen (secondary N) is 2. The highest BCUT2D eigenvalue weighted by atomic mass is 127. The van der Waals surface area contributed by atoms with E-state index in [1.807, 2.05) is 0 Å². The Morgan fingerprint density at radius 2 is 1.86 bits per heavy atom. The van der Waals surface area contributed by atoms with Gasteiger partial charge in [0.25, 0.3) is 0 Å². The van der Waals surface area contributed by atoms with Gasteiger partial charge >= 0.3 is 0 Å². The Morgan fingerprint density at radius 1 is 1.04 bits per heavy atom. The first-order valence-corrected chi connectivity index (χ1v) is 10.0. The van der Waals surface area contributed by atoms with Crippen molar-refractivity contribution in [1.29, 1.82) is 0 Å². The Balaban J connectivity index is 0.00000729. The molecule has 162 valence electrons. The molecule has 0 unspecified atom stereocenters. The predicted octanol–water partition coefficient (Wildman–Crippen LogP) is 3.90. The Hall–Kier alpha value is -1.06. The van der Waals surface area contributed by atoms with Gasteiger partial charge in [-0.15, -0.1) is 24.0 Å². The maximum Gasteiger partial charge on any atom is 0.191 e. The molecule has 0 fully saturated rings. The fraction of sp³-hybridized carbons (Fsp3) is 0.667. The molecular formula is C21H38IN3O3. The number of unbranched alkanes of at least 4 members (excludes halogenated alkanes) is 1. The van der Waals surface area contributed by atoms with Crippen LogP contribution in [-0.2, 0) is 16.0 Å². The van der Waals surface area contributed by atoms with E-state index in [9.17, 15) is 0 Å². The van der Waals surface area contributed by atoms with Gasteiger partial charge in [-0.3, -0.25) is 0 Å². The van der Waals surface area contributed by atoms with Crippen molar-refractivity contribution in [3.05, 3.63) is 29.3 Å². The Labute approximate surface area is 187 Å². The zero-order valence-electron chi connectivity index (χ0n) is 17.9. The molecule has 1 aromatic rings. The summed E-state index contributed by atoms with van der Waals surface area (Å²) in [6, 6.07) is 6.29. The van der Waals surface area contributed by atoms with E-state index in [0.29, 0.717) is 19.8 Å². The number of benzene rings is 1.